The van der Waals surface area contributed by atoms with Crippen LogP contribution in [0.25, 0.3) is 22.4 Å². The number of nitrogens with zero attached hydrogens (tertiary/aromatic N) is 4. The second-order valence-electron chi connectivity index (χ2n) is 7.95. The SMILES string of the molecule is COC(=O)c1ccc(C(C)Sc2nnc3n(-c4cccc(C)c4C)c(=O)c4ccccc4n23)o1. The molecule has 0 spiro atoms. The highest BCUT2D eigenvalue weighted by Gasteiger charge is 2.22. The standard InChI is InChI=1S/C25H22N4O4S/c1-14-8-7-11-18(15(14)2)28-22(30)17-9-5-6-10-19(17)29-24(28)26-27-25(29)34-16(3)20-12-13-21(33-20)23(31)32-4/h5-13,16H,1-4H3. The Kier molecular flexibility index (Phi) is 5.49. The number of para-hydroxylation sites is 1. The van der Waals surface area contributed by atoms with E-state index in [2.05, 4.69) is 10.2 Å². The molecule has 0 saturated carbocycles. The van der Waals surface area contributed by atoms with Crippen molar-refractivity contribution in [1.29, 1.82) is 0 Å². The normalized spacial score (nSPS) is 12.4. The Labute approximate surface area is 199 Å². The molecular weight excluding hydrogens is 452 g/mol. The van der Waals surface area contributed by atoms with Gasteiger partial charge in [-0.3, -0.25) is 9.20 Å². The molecule has 0 bridgehead atoms. The van der Waals surface area contributed by atoms with Gasteiger partial charge in [0.25, 0.3) is 5.56 Å². The number of fused-ring (bicyclic) bond motifs is 3. The number of hydrogen-bond donors (Lipinski definition) is 0. The van der Waals surface area contributed by atoms with Crippen LogP contribution >= 0.6 is 11.8 Å². The van der Waals surface area contributed by atoms with Crippen LogP contribution in [0.5, 0.6) is 0 Å². The predicted molar refractivity (Wildman–Crippen MR) is 130 cm³/mol. The molecular formula is C25H22N4O4S. The third-order valence-corrected chi connectivity index (χ3v) is 6.97. The van der Waals surface area contributed by atoms with Gasteiger partial charge in [-0.05, 0) is 62.2 Å². The number of rotatable bonds is 5. The van der Waals surface area contributed by atoms with E-state index in [4.69, 9.17) is 9.15 Å². The number of benzene rings is 2. The molecule has 3 heterocycles. The second kappa shape index (κ2) is 8.49. The molecule has 5 aromatic rings. The number of esters is 1. The van der Waals surface area contributed by atoms with Gasteiger partial charge in [0, 0.05) is 0 Å². The van der Waals surface area contributed by atoms with E-state index in [0.717, 1.165) is 22.3 Å². The topological polar surface area (TPSA) is 91.6 Å². The Bertz CT molecular complexity index is 1610. The summed E-state index contributed by atoms with van der Waals surface area (Å²) in [5.41, 5.74) is 3.42. The van der Waals surface area contributed by atoms with E-state index in [-0.39, 0.29) is 16.6 Å². The number of hydrogen-bond acceptors (Lipinski definition) is 7. The highest BCUT2D eigenvalue weighted by atomic mass is 32.2. The van der Waals surface area contributed by atoms with Crippen LogP contribution in [-0.2, 0) is 4.74 Å². The second-order valence-corrected chi connectivity index (χ2v) is 9.26. The van der Waals surface area contributed by atoms with Crippen molar-refractivity contribution in [2.24, 2.45) is 0 Å². The van der Waals surface area contributed by atoms with Crippen molar-refractivity contribution in [3.8, 4) is 5.69 Å². The van der Waals surface area contributed by atoms with Crippen molar-refractivity contribution >= 4 is 34.4 Å². The van der Waals surface area contributed by atoms with Crippen molar-refractivity contribution in [2.45, 2.75) is 31.2 Å². The molecule has 1 unspecified atom stereocenters. The quantitative estimate of drug-likeness (QED) is 0.265. The fraction of sp³-hybridized carbons (Fsp3) is 0.200. The largest absolute Gasteiger partial charge is 0.463 e. The Balaban J connectivity index is 1.69. The fourth-order valence-corrected chi connectivity index (χ4v) is 4.88. The number of aromatic nitrogens is 4. The monoisotopic (exact) mass is 474 g/mol. The van der Waals surface area contributed by atoms with Crippen LogP contribution in [0.2, 0.25) is 0 Å². The zero-order valence-electron chi connectivity index (χ0n) is 19.1. The number of thioether (sulfide) groups is 1. The highest BCUT2D eigenvalue weighted by Crippen LogP contribution is 2.36. The maximum atomic E-state index is 13.6. The lowest BCUT2D eigenvalue weighted by molar-refractivity contribution is 0.0563. The van der Waals surface area contributed by atoms with Gasteiger partial charge in [0.1, 0.15) is 5.76 Å². The first-order valence-electron chi connectivity index (χ1n) is 10.7. The van der Waals surface area contributed by atoms with E-state index in [9.17, 15) is 9.59 Å². The van der Waals surface area contributed by atoms with E-state index < -0.39 is 5.97 Å². The summed E-state index contributed by atoms with van der Waals surface area (Å²) in [6.45, 7) is 5.96. The minimum atomic E-state index is -0.528. The third kappa shape index (κ3) is 3.49. The van der Waals surface area contributed by atoms with E-state index in [0.29, 0.717) is 22.1 Å². The van der Waals surface area contributed by atoms with Gasteiger partial charge in [0.2, 0.25) is 11.5 Å². The number of carbonyl (C=O) groups excluding carboxylic acids is 1. The molecule has 34 heavy (non-hydrogen) atoms. The Hall–Kier alpha value is -3.85. The lowest BCUT2D eigenvalue weighted by Gasteiger charge is -2.15. The Morgan fingerprint density at radius 2 is 1.85 bits per heavy atom. The van der Waals surface area contributed by atoms with Crippen LogP contribution < -0.4 is 5.56 Å². The van der Waals surface area contributed by atoms with E-state index in [1.807, 2.05) is 67.6 Å². The number of furan rings is 1. The molecule has 0 radical (unpaired) electrons. The smallest absolute Gasteiger partial charge is 0.373 e. The summed E-state index contributed by atoms with van der Waals surface area (Å²) in [4.78, 5) is 25.3. The van der Waals surface area contributed by atoms with Gasteiger partial charge in [-0.25, -0.2) is 9.36 Å². The fourth-order valence-electron chi connectivity index (χ4n) is 3.95. The average Bonchev–Trinajstić information content (AvgIpc) is 3.49. The minimum absolute atomic E-state index is 0.144. The maximum absolute atomic E-state index is 13.6. The lowest BCUT2D eigenvalue weighted by Crippen LogP contribution is -2.22. The summed E-state index contributed by atoms with van der Waals surface area (Å²) in [5.74, 6) is 0.654. The van der Waals surface area contributed by atoms with Crippen LogP contribution in [0, 0.1) is 13.8 Å². The highest BCUT2D eigenvalue weighted by molar-refractivity contribution is 7.99. The molecule has 9 heteroatoms. The van der Waals surface area contributed by atoms with Crippen LogP contribution in [0.3, 0.4) is 0 Å². The zero-order valence-corrected chi connectivity index (χ0v) is 19.9. The van der Waals surface area contributed by atoms with Crippen molar-refractivity contribution in [1.82, 2.24) is 19.2 Å². The summed E-state index contributed by atoms with van der Waals surface area (Å²) in [6, 6.07) is 16.6. The third-order valence-electron chi connectivity index (χ3n) is 5.91. The lowest BCUT2D eigenvalue weighted by atomic mass is 10.1. The van der Waals surface area contributed by atoms with E-state index in [1.165, 1.54) is 18.9 Å². The van der Waals surface area contributed by atoms with Gasteiger partial charge in [-0.15, -0.1) is 10.2 Å². The van der Waals surface area contributed by atoms with Crippen molar-refractivity contribution in [2.75, 3.05) is 7.11 Å². The molecule has 3 aromatic heterocycles. The molecule has 0 amide bonds. The van der Waals surface area contributed by atoms with Gasteiger partial charge in [0.15, 0.2) is 5.16 Å². The molecule has 0 N–H and O–H groups in total. The first kappa shape index (κ1) is 22.0. The number of carbonyl (C=O) groups is 1. The van der Waals surface area contributed by atoms with Crippen LogP contribution in [0.4, 0.5) is 0 Å². The predicted octanol–water partition coefficient (Wildman–Crippen LogP) is 4.88. The number of ether oxygens (including phenoxy) is 1. The number of methoxy groups -OCH3 is 1. The van der Waals surface area contributed by atoms with Crippen LogP contribution in [0.15, 0.2) is 69.0 Å². The molecule has 8 nitrogen and oxygen atoms in total. The van der Waals surface area contributed by atoms with Crippen molar-refractivity contribution in [3.05, 3.63) is 87.6 Å². The zero-order chi connectivity index (χ0) is 24.0. The van der Waals surface area contributed by atoms with Crippen molar-refractivity contribution < 1.29 is 13.9 Å². The average molecular weight is 475 g/mol. The van der Waals surface area contributed by atoms with Crippen LogP contribution in [-0.4, -0.2) is 32.2 Å². The van der Waals surface area contributed by atoms with E-state index in [1.54, 1.807) is 16.7 Å². The van der Waals surface area contributed by atoms with Gasteiger partial charge in [-0.1, -0.05) is 36.0 Å². The van der Waals surface area contributed by atoms with Gasteiger partial charge in [0.05, 0.1) is 29.0 Å². The molecule has 172 valence electrons. The first-order valence-corrected chi connectivity index (χ1v) is 11.6. The maximum Gasteiger partial charge on any atom is 0.373 e. The van der Waals surface area contributed by atoms with Crippen molar-refractivity contribution in [3.63, 3.8) is 0 Å². The van der Waals surface area contributed by atoms with Crippen LogP contribution in [0.1, 0.15) is 39.6 Å². The summed E-state index contributed by atoms with van der Waals surface area (Å²) < 4.78 is 13.9. The molecule has 0 aliphatic heterocycles. The molecule has 5 rings (SSSR count). The molecule has 0 fully saturated rings. The van der Waals surface area contributed by atoms with E-state index >= 15 is 0 Å². The molecule has 0 saturated heterocycles. The summed E-state index contributed by atoms with van der Waals surface area (Å²) in [6.07, 6.45) is 0. The Morgan fingerprint density at radius 3 is 2.65 bits per heavy atom. The van der Waals surface area contributed by atoms with Gasteiger partial charge < -0.3 is 9.15 Å². The summed E-state index contributed by atoms with van der Waals surface area (Å²) >= 11 is 1.43. The summed E-state index contributed by atoms with van der Waals surface area (Å²) in [5, 5.41) is 9.85. The molecule has 2 aromatic carbocycles. The minimum Gasteiger partial charge on any atom is -0.463 e. The van der Waals surface area contributed by atoms with Gasteiger partial charge in [-0.2, -0.15) is 0 Å². The summed E-state index contributed by atoms with van der Waals surface area (Å²) in [7, 11) is 1.31. The molecule has 0 aliphatic carbocycles. The molecule has 1 atom stereocenters. The Morgan fingerprint density at radius 1 is 1.06 bits per heavy atom. The molecule has 0 aliphatic rings. The van der Waals surface area contributed by atoms with Gasteiger partial charge >= 0.3 is 5.97 Å². The first-order chi connectivity index (χ1) is 16.4. The number of aryl methyl sites for hydroxylation is 1.